The van der Waals surface area contributed by atoms with Crippen LogP contribution in [0.25, 0.3) is 11.0 Å². The van der Waals surface area contributed by atoms with E-state index in [1.807, 2.05) is 0 Å². The average Bonchev–Trinajstić information content (AvgIpc) is 2.56. The van der Waals surface area contributed by atoms with Crippen LogP contribution < -0.4 is 0 Å². The zero-order valence-corrected chi connectivity index (χ0v) is 12.2. The van der Waals surface area contributed by atoms with E-state index in [9.17, 15) is 0 Å². The van der Waals surface area contributed by atoms with Crippen LogP contribution in [0.5, 0.6) is 0 Å². The number of nitrogens with one attached hydrogen (secondary N) is 1. The van der Waals surface area contributed by atoms with Crippen molar-refractivity contribution in [3.8, 4) is 0 Å². The SMILES string of the molecule is CCC1(n2c(=S)[nH]c3ccc(Br)cc32)CCC1. The number of rotatable bonds is 2. The van der Waals surface area contributed by atoms with Crippen molar-refractivity contribution in [1.82, 2.24) is 9.55 Å². The van der Waals surface area contributed by atoms with Crippen LogP contribution in [0.15, 0.2) is 22.7 Å². The van der Waals surface area contributed by atoms with Gasteiger partial charge in [-0.15, -0.1) is 0 Å². The second-order valence-corrected chi connectivity index (χ2v) is 6.16. The monoisotopic (exact) mass is 310 g/mol. The maximum Gasteiger partial charge on any atom is 0.178 e. The lowest BCUT2D eigenvalue weighted by Gasteiger charge is -2.43. The van der Waals surface area contributed by atoms with E-state index in [0.29, 0.717) is 0 Å². The fourth-order valence-electron chi connectivity index (χ4n) is 2.87. The molecular formula is C13H15BrN2S. The number of nitrogens with zero attached hydrogens (tertiary/aromatic N) is 1. The molecule has 17 heavy (non-hydrogen) atoms. The third-order valence-electron chi connectivity index (χ3n) is 4.06. The van der Waals surface area contributed by atoms with Crippen LogP contribution in [-0.4, -0.2) is 9.55 Å². The molecule has 90 valence electrons. The van der Waals surface area contributed by atoms with Crippen LogP contribution in [0.2, 0.25) is 0 Å². The number of aromatic amines is 1. The predicted molar refractivity (Wildman–Crippen MR) is 76.9 cm³/mol. The summed E-state index contributed by atoms with van der Waals surface area (Å²) in [5.74, 6) is 0. The van der Waals surface area contributed by atoms with E-state index in [4.69, 9.17) is 12.2 Å². The van der Waals surface area contributed by atoms with E-state index < -0.39 is 0 Å². The number of benzene rings is 1. The van der Waals surface area contributed by atoms with Gasteiger partial charge >= 0.3 is 0 Å². The fraction of sp³-hybridized carbons (Fsp3) is 0.462. The van der Waals surface area contributed by atoms with E-state index in [1.165, 1.54) is 24.8 Å². The minimum absolute atomic E-state index is 0.260. The van der Waals surface area contributed by atoms with Crippen LogP contribution in [-0.2, 0) is 5.54 Å². The van der Waals surface area contributed by atoms with Gasteiger partial charge in [0, 0.05) is 10.0 Å². The van der Waals surface area contributed by atoms with Crippen LogP contribution in [0.1, 0.15) is 32.6 Å². The molecule has 0 saturated heterocycles. The van der Waals surface area contributed by atoms with E-state index >= 15 is 0 Å². The topological polar surface area (TPSA) is 20.7 Å². The molecule has 0 radical (unpaired) electrons. The number of H-pyrrole nitrogens is 1. The molecule has 0 unspecified atom stereocenters. The zero-order chi connectivity index (χ0) is 12.0. The van der Waals surface area contributed by atoms with Crippen molar-refractivity contribution < 1.29 is 0 Å². The Morgan fingerprint density at radius 1 is 1.47 bits per heavy atom. The summed E-state index contributed by atoms with van der Waals surface area (Å²) in [6.45, 7) is 2.26. The first-order chi connectivity index (χ1) is 8.16. The Hall–Kier alpha value is -0.610. The third kappa shape index (κ3) is 1.61. The van der Waals surface area contributed by atoms with Crippen molar-refractivity contribution in [1.29, 1.82) is 0 Å². The van der Waals surface area contributed by atoms with Gasteiger partial charge in [0.05, 0.1) is 11.0 Å². The number of fused-ring (bicyclic) bond motifs is 1. The van der Waals surface area contributed by atoms with E-state index in [0.717, 1.165) is 21.2 Å². The van der Waals surface area contributed by atoms with Gasteiger partial charge in [-0.1, -0.05) is 22.9 Å². The highest BCUT2D eigenvalue weighted by atomic mass is 79.9. The van der Waals surface area contributed by atoms with E-state index in [2.05, 4.69) is 50.6 Å². The third-order valence-corrected chi connectivity index (χ3v) is 4.84. The quantitative estimate of drug-likeness (QED) is 0.794. The molecule has 1 aliphatic rings. The van der Waals surface area contributed by atoms with E-state index in [-0.39, 0.29) is 5.54 Å². The number of hydrogen-bond donors (Lipinski definition) is 1. The van der Waals surface area contributed by atoms with Gasteiger partial charge in [0.15, 0.2) is 4.77 Å². The molecule has 1 aromatic carbocycles. The van der Waals surface area contributed by atoms with Crippen LogP contribution >= 0.6 is 28.1 Å². The Kier molecular flexibility index (Phi) is 2.67. The average molecular weight is 311 g/mol. The summed E-state index contributed by atoms with van der Waals surface area (Å²) in [5, 5.41) is 0. The molecule has 2 aromatic rings. The summed E-state index contributed by atoms with van der Waals surface area (Å²) in [6, 6.07) is 6.31. The number of imidazole rings is 1. The standard InChI is InChI=1S/C13H15BrN2S/c1-2-13(6-3-7-13)16-11-8-9(14)4-5-10(11)15-12(16)17/h4-5,8H,2-3,6-7H2,1H3,(H,15,17). The lowest BCUT2D eigenvalue weighted by atomic mass is 9.74. The Labute approximate surface area is 114 Å². The minimum atomic E-state index is 0.260. The molecule has 0 aliphatic heterocycles. The Balaban J connectivity index is 2.31. The van der Waals surface area contributed by atoms with Gasteiger partial charge in [0.2, 0.25) is 0 Å². The number of halogens is 1. The lowest BCUT2D eigenvalue weighted by Crippen LogP contribution is -2.39. The Bertz CT molecular complexity index is 616. The summed E-state index contributed by atoms with van der Waals surface area (Å²) < 4.78 is 4.31. The van der Waals surface area contributed by atoms with Crippen LogP contribution in [0, 0.1) is 4.77 Å². The molecular weight excluding hydrogens is 296 g/mol. The summed E-state index contributed by atoms with van der Waals surface area (Å²) in [7, 11) is 0. The maximum atomic E-state index is 5.50. The number of aromatic nitrogens is 2. The summed E-state index contributed by atoms with van der Waals surface area (Å²) in [6.07, 6.45) is 4.96. The summed E-state index contributed by atoms with van der Waals surface area (Å²) >= 11 is 9.05. The van der Waals surface area contributed by atoms with Gasteiger partial charge in [-0.3, -0.25) is 0 Å². The fourth-order valence-corrected chi connectivity index (χ4v) is 3.62. The molecule has 0 amide bonds. The first-order valence-electron chi connectivity index (χ1n) is 6.07. The first-order valence-corrected chi connectivity index (χ1v) is 7.27. The zero-order valence-electron chi connectivity index (χ0n) is 9.79. The largest absolute Gasteiger partial charge is 0.331 e. The molecule has 1 fully saturated rings. The molecule has 3 rings (SSSR count). The molecule has 1 heterocycles. The smallest absolute Gasteiger partial charge is 0.178 e. The van der Waals surface area contributed by atoms with Crippen LogP contribution in [0.4, 0.5) is 0 Å². The van der Waals surface area contributed by atoms with Crippen LogP contribution in [0.3, 0.4) is 0 Å². The molecule has 0 spiro atoms. The molecule has 2 nitrogen and oxygen atoms in total. The number of hydrogen-bond acceptors (Lipinski definition) is 1. The predicted octanol–water partition coefficient (Wildman–Crippen LogP) is 4.75. The van der Waals surface area contributed by atoms with Crippen molar-refractivity contribution in [2.24, 2.45) is 0 Å². The summed E-state index contributed by atoms with van der Waals surface area (Å²) in [4.78, 5) is 3.32. The van der Waals surface area contributed by atoms with Crippen molar-refractivity contribution in [2.75, 3.05) is 0 Å². The molecule has 1 saturated carbocycles. The highest BCUT2D eigenvalue weighted by Crippen LogP contribution is 2.44. The highest BCUT2D eigenvalue weighted by molar-refractivity contribution is 9.10. The van der Waals surface area contributed by atoms with Crippen molar-refractivity contribution in [3.05, 3.63) is 27.4 Å². The van der Waals surface area contributed by atoms with Gasteiger partial charge in [0.1, 0.15) is 0 Å². The highest BCUT2D eigenvalue weighted by Gasteiger charge is 2.38. The van der Waals surface area contributed by atoms with Gasteiger partial charge in [-0.2, -0.15) is 0 Å². The molecule has 0 atom stereocenters. The normalized spacial score (nSPS) is 18.2. The van der Waals surface area contributed by atoms with Gasteiger partial charge < -0.3 is 9.55 Å². The van der Waals surface area contributed by atoms with Crippen molar-refractivity contribution in [3.63, 3.8) is 0 Å². The van der Waals surface area contributed by atoms with Gasteiger partial charge in [0.25, 0.3) is 0 Å². The van der Waals surface area contributed by atoms with Gasteiger partial charge in [-0.05, 0) is 56.1 Å². The molecule has 0 bridgehead atoms. The Morgan fingerprint density at radius 3 is 2.82 bits per heavy atom. The molecule has 1 N–H and O–H groups in total. The van der Waals surface area contributed by atoms with Crippen molar-refractivity contribution in [2.45, 2.75) is 38.1 Å². The first kappa shape index (κ1) is 11.5. The van der Waals surface area contributed by atoms with Crippen molar-refractivity contribution >= 4 is 39.2 Å². The lowest BCUT2D eigenvalue weighted by molar-refractivity contribution is 0.140. The molecule has 4 heteroatoms. The van der Waals surface area contributed by atoms with E-state index in [1.54, 1.807) is 0 Å². The molecule has 1 aromatic heterocycles. The maximum absolute atomic E-state index is 5.50. The second kappa shape index (κ2) is 3.95. The summed E-state index contributed by atoms with van der Waals surface area (Å²) in [5.41, 5.74) is 2.62. The van der Waals surface area contributed by atoms with Gasteiger partial charge in [-0.25, -0.2) is 0 Å². The molecule has 1 aliphatic carbocycles. The Morgan fingerprint density at radius 2 is 2.24 bits per heavy atom. The second-order valence-electron chi connectivity index (χ2n) is 4.86. The minimum Gasteiger partial charge on any atom is -0.331 e.